The molecule has 1 fully saturated rings. The zero-order valence-corrected chi connectivity index (χ0v) is 19.8. The van der Waals surface area contributed by atoms with Crippen LogP contribution in [-0.2, 0) is 21.4 Å². The van der Waals surface area contributed by atoms with Crippen molar-refractivity contribution in [3.05, 3.63) is 68.8 Å². The minimum atomic E-state index is -3.72. The fourth-order valence-electron chi connectivity index (χ4n) is 3.68. The topological polar surface area (TPSA) is 79.7 Å². The van der Waals surface area contributed by atoms with Gasteiger partial charge in [0.1, 0.15) is 0 Å². The van der Waals surface area contributed by atoms with Crippen molar-refractivity contribution in [1.29, 1.82) is 0 Å². The number of carbonyl (C=O) groups is 1. The molecule has 1 aliphatic rings. The first-order chi connectivity index (χ1) is 15.3. The van der Waals surface area contributed by atoms with E-state index in [0.717, 1.165) is 22.4 Å². The number of hydrogen-bond donors (Lipinski definition) is 0. The quantitative estimate of drug-likeness (QED) is 0.513. The van der Waals surface area contributed by atoms with Gasteiger partial charge in [-0.3, -0.25) is 14.2 Å². The summed E-state index contributed by atoms with van der Waals surface area (Å²) in [4.78, 5) is 26.3. The molecular weight excluding hydrogens is 470 g/mol. The number of aromatic nitrogens is 1. The summed E-state index contributed by atoms with van der Waals surface area (Å²) >= 11 is 7.15. The van der Waals surface area contributed by atoms with E-state index in [0.29, 0.717) is 29.4 Å². The lowest BCUT2D eigenvalue weighted by atomic mass is 10.2. The standard InChI is InChI=1S/C22H22ClN3O4S2/c1-2-26-19-9-8-17(15-20(19)31-22(26)28)32(29,30)25-13-11-24(12-14-25)21(27)10-7-16-5-3-4-6-18(16)23/h3-10,15H,2,11-14H2,1H3/b10-7+. The highest BCUT2D eigenvalue weighted by Gasteiger charge is 2.30. The Morgan fingerprint density at radius 3 is 2.53 bits per heavy atom. The summed E-state index contributed by atoms with van der Waals surface area (Å²) in [5, 5.41) is 0.559. The molecule has 0 atom stereocenters. The van der Waals surface area contributed by atoms with E-state index in [4.69, 9.17) is 11.6 Å². The molecule has 3 aromatic rings. The number of thiazole rings is 1. The summed E-state index contributed by atoms with van der Waals surface area (Å²) in [5.74, 6) is -0.186. The molecule has 0 bridgehead atoms. The lowest BCUT2D eigenvalue weighted by Gasteiger charge is -2.33. The second-order valence-electron chi connectivity index (χ2n) is 7.33. The van der Waals surface area contributed by atoms with E-state index in [9.17, 15) is 18.0 Å². The highest BCUT2D eigenvalue weighted by Crippen LogP contribution is 2.25. The largest absolute Gasteiger partial charge is 0.337 e. The first kappa shape index (κ1) is 22.7. The number of piperazine rings is 1. The van der Waals surface area contributed by atoms with E-state index in [-0.39, 0.29) is 28.8 Å². The SMILES string of the molecule is CCn1c(=O)sc2cc(S(=O)(=O)N3CCN(C(=O)/C=C/c4ccccc4Cl)CC3)ccc21. The summed E-state index contributed by atoms with van der Waals surface area (Å²) in [6, 6.07) is 12.0. The number of rotatable bonds is 5. The van der Waals surface area contributed by atoms with Gasteiger partial charge in [0.05, 0.1) is 15.1 Å². The second-order valence-corrected chi connectivity index (χ2v) is 10.7. The van der Waals surface area contributed by atoms with Crippen LogP contribution in [0.1, 0.15) is 12.5 Å². The highest BCUT2D eigenvalue weighted by molar-refractivity contribution is 7.89. The Balaban J connectivity index is 1.45. The van der Waals surface area contributed by atoms with Crippen LogP contribution in [-0.4, -0.2) is 54.3 Å². The van der Waals surface area contributed by atoms with E-state index in [1.165, 1.54) is 10.4 Å². The van der Waals surface area contributed by atoms with Gasteiger partial charge in [0.15, 0.2) is 0 Å². The van der Waals surface area contributed by atoms with Crippen LogP contribution in [0.3, 0.4) is 0 Å². The normalized spacial score (nSPS) is 15.6. The molecule has 0 unspecified atom stereocenters. The highest BCUT2D eigenvalue weighted by atomic mass is 35.5. The third kappa shape index (κ3) is 4.38. The van der Waals surface area contributed by atoms with Gasteiger partial charge in [0, 0.05) is 43.8 Å². The van der Waals surface area contributed by atoms with Gasteiger partial charge in [-0.1, -0.05) is 41.1 Å². The fourth-order valence-corrected chi connectivity index (χ4v) is 6.40. The van der Waals surface area contributed by atoms with Gasteiger partial charge >= 0.3 is 4.87 Å². The van der Waals surface area contributed by atoms with Crippen molar-refractivity contribution in [2.24, 2.45) is 0 Å². The first-order valence-electron chi connectivity index (χ1n) is 10.2. The zero-order chi connectivity index (χ0) is 22.9. The Labute approximate surface area is 195 Å². The molecule has 4 rings (SSSR count). The number of hydrogen-bond acceptors (Lipinski definition) is 5. The third-order valence-corrected chi connectivity index (χ3v) is 8.64. The van der Waals surface area contributed by atoms with E-state index >= 15 is 0 Å². The number of benzene rings is 2. The Morgan fingerprint density at radius 2 is 1.84 bits per heavy atom. The van der Waals surface area contributed by atoms with Crippen LogP contribution in [0.4, 0.5) is 0 Å². The van der Waals surface area contributed by atoms with E-state index in [1.807, 2.05) is 25.1 Å². The molecular formula is C22H22ClN3O4S2. The van der Waals surface area contributed by atoms with Crippen molar-refractivity contribution in [3.63, 3.8) is 0 Å². The number of amides is 1. The predicted octanol–water partition coefficient (Wildman–Crippen LogP) is 3.28. The lowest BCUT2D eigenvalue weighted by molar-refractivity contribution is -0.127. The van der Waals surface area contributed by atoms with Crippen molar-refractivity contribution in [1.82, 2.24) is 13.8 Å². The average molecular weight is 492 g/mol. The molecule has 1 amide bonds. The Kier molecular flexibility index (Phi) is 6.52. The summed E-state index contributed by atoms with van der Waals surface area (Å²) in [6.45, 7) is 3.42. The van der Waals surface area contributed by atoms with Crippen LogP contribution in [0.15, 0.2) is 58.2 Å². The first-order valence-corrected chi connectivity index (χ1v) is 12.8. The summed E-state index contributed by atoms with van der Waals surface area (Å²) in [7, 11) is -3.72. The Hall–Kier alpha value is -2.46. The van der Waals surface area contributed by atoms with Gasteiger partial charge in [-0.25, -0.2) is 8.42 Å². The molecule has 2 heterocycles. The molecule has 1 aliphatic heterocycles. The van der Waals surface area contributed by atoms with Crippen LogP contribution < -0.4 is 4.87 Å². The number of aryl methyl sites for hydroxylation is 1. The van der Waals surface area contributed by atoms with Crippen molar-refractivity contribution in [3.8, 4) is 0 Å². The van der Waals surface area contributed by atoms with Crippen molar-refractivity contribution in [2.45, 2.75) is 18.4 Å². The fraction of sp³-hybridized carbons (Fsp3) is 0.273. The van der Waals surface area contributed by atoms with Gasteiger partial charge in [0.2, 0.25) is 15.9 Å². The molecule has 32 heavy (non-hydrogen) atoms. The van der Waals surface area contributed by atoms with Crippen LogP contribution in [0.5, 0.6) is 0 Å². The molecule has 0 aliphatic carbocycles. The summed E-state index contributed by atoms with van der Waals surface area (Å²) in [5.41, 5.74) is 1.49. The molecule has 0 N–H and O–H groups in total. The Bertz CT molecular complexity index is 1350. The molecule has 7 nitrogen and oxygen atoms in total. The maximum Gasteiger partial charge on any atom is 0.308 e. The number of carbonyl (C=O) groups excluding carboxylic acids is 1. The lowest BCUT2D eigenvalue weighted by Crippen LogP contribution is -2.50. The maximum atomic E-state index is 13.1. The smallest absolute Gasteiger partial charge is 0.308 e. The Morgan fingerprint density at radius 1 is 1.12 bits per heavy atom. The van der Waals surface area contributed by atoms with Gasteiger partial charge in [-0.05, 0) is 42.8 Å². The second kappa shape index (κ2) is 9.19. The number of fused-ring (bicyclic) bond motifs is 1. The van der Waals surface area contributed by atoms with Gasteiger partial charge in [0.25, 0.3) is 0 Å². The van der Waals surface area contributed by atoms with Crippen LogP contribution in [0.25, 0.3) is 16.3 Å². The molecule has 1 saturated heterocycles. The summed E-state index contributed by atoms with van der Waals surface area (Å²) in [6.07, 6.45) is 3.12. The van der Waals surface area contributed by atoms with Gasteiger partial charge in [-0.15, -0.1) is 0 Å². The molecule has 168 valence electrons. The van der Waals surface area contributed by atoms with E-state index in [1.54, 1.807) is 39.8 Å². The number of sulfonamides is 1. The molecule has 10 heteroatoms. The monoisotopic (exact) mass is 491 g/mol. The molecule has 1 aromatic heterocycles. The van der Waals surface area contributed by atoms with E-state index in [2.05, 4.69) is 0 Å². The van der Waals surface area contributed by atoms with Crippen molar-refractivity contribution < 1.29 is 13.2 Å². The van der Waals surface area contributed by atoms with E-state index < -0.39 is 10.0 Å². The minimum Gasteiger partial charge on any atom is -0.337 e. The molecule has 0 radical (unpaired) electrons. The minimum absolute atomic E-state index is 0.103. The predicted molar refractivity (Wildman–Crippen MR) is 128 cm³/mol. The molecule has 0 saturated carbocycles. The summed E-state index contributed by atoms with van der Waals surface area (Å²) < 4.78 is 29.9. The average Bonchev–Trinajstić information content (AvgIpc) is 3.12. The van der Waals surface area contributed by atoms with Crippen LogP contribution in [0.2, 0.25) is 5.02 Å². The third-order valence-electron chi connectivity index (χ3n) is 5.45. The maximum absolute atomic E-state index is 13.1. The van der Waals surface area contributed by atoms with Gasteiger partial charge < -0.3 is 4.90 Å². The molecule has 2 aromatic carbocycles. The molecule has 0 spiro atoms. The van der Waals surface area contributed by atoms with Gasteiger partial charge in [-0.2, -0.15) is 4.31 Å². The van der Waals surface area contributed by atoms with Crippen LogP contribution in [0, 0.1) is 0 Å². The number of halogens is 1. The van der Waals surface area contributed by atoms with Crippen molar-refractivity contribution >= 4 is 55.2 Å². The number of nitrogens with zero attached hydrogens (tertiary/aromatic N) is 3. The van der Waals surface area contributed by atoms with Crippen LogP contribution >= 0.6 is 22.9 Å². The zero-order valence-electron chi connectivity index (χ0n) is 17.4. The van der Waals surface area contributed by atoms with Crippen molar-refractivity contribution in [2.75, 3.05) is 26.2 Å².